The molecule has 1 aliphatic carbocycles. The van der Waals surface area contributed by atoms with E-state index in [1.165, 1.54) is 36.1 Å². The summed E-state index contributed by atoms with van der Waals surface area (Å²) in [6, 6.07) is 0. The number of rotatable bonds is 1. The molecule has 0 atom stereocenters. The topological polar surface area (TPSA) is 38.9 Å². The molecule has 0 unspecified atom stereocenters. The zero-order valence-electron chi connectivity index (χ0n) is 7.84. The number of hydrogen-bond donors (Lipinski definition) is 1. The minimum Gasteiger partial charge on any atom is -0.375 e. The molecule has 0 fully saturated rings. The third-order valence-corrected chi connectivity index (χ3v) is 3.21. The first-order valence-electron chi connectivity index (χ1n) is 4.69. The van der Waals surface area contributed by atoms with Crippen molar-refractivity contribution in [2.45, 2.75) is 32.6 Å². The lowest BCUT2D eigenvalue weighted by atomic mass is 9.97. The Morgan fingerprint density at radius 2 is 2.31 bits per heavy atom. The fraction of sp³-hybridized carbons (Fsp3) is 0.500. The van der Waals surface area contributed by atoms with Crippen LogP contribution in [-0.4, -0.2) is 4.98 Å². The van der Waals surface area contributed by atoms with Crippen molar-refractivity contribution in [3.05, 3.63) is 16.6 Å². The van der Waals surface area contributed by atoms with Gasteiger partial charge in [0, 0.05) is 4.88 Å². The summed E-state index contributed by atoms with van der Waals surface area (Å²) in [5, 5.41) is 0.693. The number of allylic oxidation sites excluding steroid dienone is 2. The van der Waals surface area contributed by atoms with Crippen LogP contribution in [0.3, 0.4) is 0 Å². The van der Waals surface area contributed by atoms with Crippen molar-refractivity contribution >= 4 is 22.0 Å². The molecule has 0 aliphatic heterocycles. The second-order valence-corrected chi connectivity index (χ2v) is 4.67. The first-order valence-corrected chi connectivity index (χ1v) is 5.51. The Balaban J connectivity index is 2.33. The molecule has 0 radical (unpaired) electrons. The van der Waals surface area contributed by atoms with Gasteiger partial charge in [-0.25, -0.2) is 4.98 Å². The van der Waals surface area contributed by atoms with E-state index in [9.17, 15) is 0 Å². The van der Waals surface area contributed by atoms with Crippen LogP contribution >= 0.6 is 11.3 Å². The van der Waals surface area contributed by atoms with E-state index in [2.05, 4.69) is 18.0 Å². The van der Waals surface area contributed by atoms with Crippen molar-refractivity contribution in [1.29, 1.82) is 0 Å². The number of aromatic nitrogens is 1. The van der Waals surface area contributed by atoms with E-state index in [1.807, 2.05) is 0 Å². The fourth-order valence-electron chi connectivity index (χ4n) is 1.77. The van der Waals surface area contributed by atoms with Gasteiger partial charge >= 0.3 is 0 Å². The molecule has 1 aliphatic rings. The van der Waals surface area contributed by atoms with Crippen molar-refractivity contribution in [3.63, 3.8) is 0 Å². The smallest absolute Gasteiger partial charge is 0.180 e. The highest BCUT2D eigenvalue weighted by atomic mass is 32.1. The molecule has 1 heterocycles. The molecular formula is C10H14N2S. The molecule has 1 aromatic rings. The van der Waals surface area contributed by atoms with E-state index >= 15 is 0 Å². The van der Waals surface area contributed by atoms with E-state index < -0.39 is 0 Å². The molecule has 70 valence electrons. The van der Waals surface area contributed by atoms with Gasteiger partial charge in [0.15, 0.2) is 5.13 Å². The Kier molecular flexibility index (Phi) is 2.36. The molecule has 1 aromatic heterocycles. The molecule has 2 N–H and O–H groups in total. The molecule has 0 amide bonds. The normalized spacial score (nSPS) is 17.2. The largest absolute Gasteiger partial charge is 0.375 e. The Labute approximate surface area is 82.5 Å². The third kappa shape index (κ3) is 1.75. The monoisotopic (exact) mass is 194 g/mol. The van der Waals surface area contributed by atoms with Crippen LogP contribution in [0.1, 0.15) is 36.3 Å². The molecular weight excluding hydrogens is 180 g/mol. The second-order valence-electron chi connectivity index (χ2n) is 3.43. The van der Waals surface area contributed by atoms with Crippen LogP contribution in [0.25, 0.3) is 5.57 Å². The van der Waals surface area contributed by atoms with Crippen LogP contribution in [0.4, 0.5) is 5.13 Å². The first kappa shape index (κ1) is 8.75. The zero-order chi connectivity index (χ0) is 9.26. The number of nitrogens with two attached hydrogens (primary N) is 1. The van der Waals surface area contributed by atoms with Gasteiger partial charge in [0.05, 0.1) is 5.69 Å². The number of nitrogens with zero attached hydrogens (tertiary/aromatic N) is 1. The van der Waals surface area contributed by atoms with E-state index in [4.69, 9.17) is 5.73 Å². The molecule has 3 heteroatoms. The van der Waals surface area contributed by atoms with E-state index in [-0.39, 0.29) is 0 Å². The predicted molar refractivity (Wildman–Crippen MR) is 57.7 cm³/mol. The Morgan fingerprint density at radius 3 is 2.85 bits per heavy atom. The van der Waals surface area contributed by atoms with Crippen molar-refractivity contribution < 1.29 is 0 Å². The summed E-state index contributed by atoms with van der Waals surface area (Å²) in [4.78, 5) is 5.62. The van der Waals surface area contributed by atoms with Crippen LogP contribution < -0.4 is 5.73 Å². The molecule has 0 bridgehead atoms. The van der Waals surface area contributed by atoms with Crippen LogP contribution in [0, 0.1) is 6.92 Å². The average molecular weight is 194 g/mol. The van der Waals surface area contributed by atoms with Crippen molar-refractivity contribution in [2.75, 3.05) is 5.73 Å². The number of hydrogen-bond acceptors (Lipinski definition) is 3. The summed E-state index contributed by atoms with van der Waals surface area (Å²) >= 11 is 1.59. The lowest BCUT2D eigenvalue weighted by molar-refractivity contribution is 0.740. The molecule has 0 saturated carbocycles. The average Bonchev–Trinajstić information content (AvgIpc) is 2.47. The van der Waals surface area contributed by atoms with Gasteiger partial charge in [-0.05, 0) is 38.2 Å². The van der Waals surface area contributed by atoms with Crippen molar-refractivity contribution in [2.24, 2.45) is 0 Å². The number of aryl methyl sites for hydroxylation is 1. The summed E-state index contributed by atoms with van der Waals surface area (Å²) in [7, 11) is 0. The second kappa shape index (κ2) is 3.50. The van der Waals surface area contributed by atoms with Crippen molar-refractivity contribution in [1.82, 2.24) is 4.98 Å². The maximum Gasteiger partial charge on any atom is 0.180 e. The van der Waals surface area contributed by atoms with Gasteiger partial charge in [0.2, 0.25) is 0 Å². The van der Waals surface area contributed by atoms with Crippen molar-refractivity contribution in [3.8, 4) is 0 Å². The van der Waals surface area contributed by atoms with Crippen LogP contribution in [0.2, 0.25) is 0 Å². The van der Waals surface area contributed by atoms with E-state index in [0.717, 1.165) is 5.69 Å². The van der Waals surface area contributed by atoms with Gasteiger partial charge in [-0.15, -0.1) is 11.3 Å². The summed E-state index contributed by atoms with van der Waals surface area (Å²) < 4.78 is 0. The number of nitrogen functional groups attached to an aromatic ring is 1. The van der Waals surface area contributed by atoms with E-state index in [0.29, 0.717) is 5.13 Å². The highest BCUT2D eigenvalue weighted by Gasteiger charge is 2.12. The van der Waals surface area contributed by atoms with Gasteiger partial charge in [-0.1, -0.05) is 6.08 Å². The highest BCUT2D eigenvalue weighted by molar-refractivity contribution is 7.15. The lowest BCUT2D eigenvalue weighted by Crippen LogP contribution is -1.94. The molecule has 0 spiro atoms. The minimum atomic E-state index is 0.693. The predicted octanol–water partition coefficient (Wildman–Crippen LogP) is 2.99. The Hall–Kier alpha value is -0.830. The van der Waals surface area contributed by atoms with Gasteiger partial charge in [-0.3, -0.25) is 0 Å². The van der Waals surface area contributed by atoms with Gasteiger partial charge < -0.3 is 5.73 Å². The highest BCUT2D eigenvalue weighted by Crippen LogP contribution is 2.31. The standard InChI is InChI=1S/C10H14N2S/c1-7-9(12-10(11)13-7)8-5-3-2-4-6-8/h5H,2-4,6H2,1H3,(H2,11,12). The van der Waals surface area contributed by atoms with Gasteiger partial charge in [0.25, 0.3) is 0 Å². The molecule has 2 rings (SSSR count). The minimum absolute atomic E-state index is 0.693. The summed E-state index contributed by atoms with van der Waals surface area (Å²) in [5.41, 5.74) is 8.21. The van der Waals surface area contributed by atoms with Gasteiger partial charge in [-0.2, -0.15) is 0 Å². The third-order valence-electron chi connectivity index (χ3n) is 2.41. The maximum atomic E-state index is 5.67. The Morgan fingerprint density at radius 1 is 1.46 bits per heavy atom. The fourth-order valence-corrected chi connectivity index (χ4v) is 2.49. The van der Waals surface area contributed by atoms with Gasteiger partial charge in [0.1, 0.15) is 0 Å². The number of thiazole rings is 1. The van der Waals surface area contributed by atoms with Crippen LogP contribution in [0.15, 0.2) is 6.08 Å². The van der Waals surface area contributed by atoms with E-state index in [1.54, 1.807) is 11.3 Å². The summed E-state index contributed by atoms with van der Waals surface area (Å²) in [6.07, 6.45) is 7.30. The molecule has 0 saturated heterocycles. The number of anilines is 1. The molecule has 2 nitrogen and oxygen atoms in total. The summed E-state index contributed by atoms with van der Waals surface area (Å²) in [6.45, 7) is 2.10. The Bertz CT molecular complexity index is 339. The van der Waals surface area contributed by atoms with Crippen LogP contribution in [-0.2, 0) is 0 Å². The van der Waals surface area contributed by atoms with Crippen LogP contribution in [0.5, 0.6) is 0 Å². The quantitative estimate of drug-likeness (QED) is 0.746. The summed E-state index contributed by atoms with van der Waals surface area (Å²) in [5.74, 6) is 0. The zero-order valence-corrected chi connectivity index (χ0v) is 8.66. The molecule has 13 heavy (non-hydrogen) atoms. The maximum absolute atomic E-state index is 5.67. The molecule has 0 aromatic carbocycles. The first-order chi connectivity index (χ1) is 6.27. The SMILES string of the molecule is Cc1sc(N)nc1C1=CCCCC1. The lowest BCUT2D eigenvalue weighted by Gasteiger charge is -2.10.